The summed E-state index contributed by atoms with van der Waals surface area (Å²) in [7, 11) is 0. The molecule has 2 saturated carbocycles. The SMILES string of the molecule is NCC1(NC2CCCC2CO)CCC1. The Kier molecular flexibility index (Phi) is 3.10. The molecule has 4 N–H and O–H groups in total. The highest BCUT2D eigenvalue weighted by atomic mass is 16.3. The van der Waals surface area contributed by atoms with Crippen molar-refractivity contribution in [2.75, 3.05) is 13.2 Å². The third-order valence-corrected chi connectivity index (χ3v) is 4.09. The van der Waals surface area contributed by atoms with Gasteiger partial charge in [0.1, 0.15) is 0 Å². The zero-order valence-electron chi connectivity index (χ0n) is 8.84. The number of aliphatic hydroxyl groups is 1. The fourth-order valence-corrected chi connectivity index (χ4v) is 2.85. The molecule has 0 aromatic heterocycles. The summed E-state index contributed by atoms with van der Waals surface area (Å²) < 4.78 is 0. The molecular formula is C11H22N2O. The molecule has 0 aliphatic heterocycles. The quantitative estimate of drug-likeness (QED) is 0.620. The molecule has 2 aliphatic carbocycles. The van der Waals surface area contributed by atoms with Crippen LogP contribution in [-0.4, -0.2) is 29.8 Å². The Hall–Kier alpha value is -0.120. The lowest BCUT2D eigenvalue weighted by molar-refractivity contribution is 0.133. The fourth-order valence-electron chi connectivity index (χ4n) is 2.85. The summed E-state index contributed by atoms with van der Waals surface area (Å²) in [6.45, 7) is 1.08. The zero-order chi connectivity index (χ0) is 10.0. The molecule has 0 aromatic rings. The van der Waals surface area contributed by atoms with E-state index in [4.69, 9.17) is 5.73 Å². The van der Waals surface area contributed by atoms with Crippen LogP contribution in [0.25, 0.3) is 0 Å². The fraction of sp³-hybridized carbons (Fsp3) is 1.00. The second kappa shape index (κ2) is 4.17. The van der Waals surface area contributed by atoms with Gasteiger partial charge in [0.05, 0.1) is 0 Å². The van der Waals surface area contributed by atoms with Crippen LogP contribution in [0.4, 0.5) is 0 Å². The summed E-state index contributed by atoms with van der Waals surface area (Å²) in [6.07, 6.45) is 7.39. The van der Waals surface area contributed by atoms with Gasteiger partial charge in [-0.25, -0.2) is 0 Å². The summed E-state index contributed by atoms with van der Waals surface area (Å²) in [5.41, 5.74) is 6.03. The minimum atomic E-state index is 0.225. The molecule has 2 rings (SSSR count). The summed E-state index contributed by atoms with van der Waals surface area (Å²) in [5, 5.41) is 12.9. The summed E-state index contributed by atoms with van der Waals surface area (Å²) in [4.78, 5) is 0. The van der Waals surface area contributed by atoms with E-state index in [0.29, 0.717) is 18.6 Å². The topological polar surface area (TPSA) is 58.3 Å². The lowest BCUT2D eigenvalue weighted by Crippen LogP contribution is -2.60. The number of nitrogens with one attached hydrogen (secondary N) is 1. The van der Waals surface area contributed by atoms with Gasteiger partial charge in [0, 0.05) is 24.7 Å². The van der Waals surface area contributed by atoms with E-state index in [1.54, 1.807) is 0 Å². The number of hydrogen-bond acceptors (Lipinski definition) is 3. The van der Waals surface area contributed by atoms with Gasteiger partial charge in [-0.1, -0.05) is 6.42 Å². The molecule has 0 bridgehead atoms. The first kappa shape index (κ1) is 10.4. The molecule has 2 atom stereocenters. The number of aliphatic hydroxyl groups excluding tert-OH is 1. The second-order valence-corrected chi connectivity index (χ2v) is 4.96. The third-order valence-electron chi connectivity index (χ3n) is 4.09. The van der Waals surface area contributed by atoms with Gasteiger partial charge in [0.2, 0.25) is 0 Å². The van der Waals surface area contributed by atoms with Crippen molar-refractivity contribution in [2.45, 2.75) is 50.1 Å². The first-order chi connectivity index (χ1) is 6.79. The third kappa shape index (κ3) is 1.81. The molecule has 0 amide bonds. The van der Waals surface area contributed by atoms with Crippen LogP contribution in [0.5, 0.6) is 0 Å². The molecule has 2 unspecified atom stereocenters. The van der Waals surface area contributed by atoms with Crippen LogP contribution in [0.3, 0.4) is 0 Å². The van der Waals surface area contributed by atoms with Crippen LogP contribution in [0.1, 0.15) is 38.5 Å². The van der Waals surface area contributed by atoms with Gasteiger partial charge in [0.25, 0.3) is 0 Å². The molecule has 3 heteroatoms. The summed E-state index contributed by atoms with van der Waals surface area (Å²) >= 11 is 0. The smallest absolute Gasteiger partial charge is 0.0474 e. The van der Waals surface area contributed by atoms with Crippen LogP contribution < -0.4 is 11.1 Å². The van der Waals surface area contributed by atoms with E-state index >= 15 is 0 Å². The minimum absolute atomic E-state index is 0.225. The molecule has 3 nitrogen and oxygen atoms in total. The number of hydrogen-bond donors (Lipinski definition) is 3. The first-order valence-electron chi connectivity index (χ1n) is 5.88. The van der Waals surface area contributed by atoms with Gasteiger partial charge >= 0.3 is 0 Å². The van der Waals surface area contributed by atoms with E-state index in [2.05, 4.69) is 5.32 Å². The lowest BCUT2D eigenvalue weighted by atomic mass is 9.76. The number of nitrogens with two attached hydrogens (primary N) is 1. The molecule has 0 heterocycles. The monoisotopic (exact) mass is 198 g/mol. The maximum atomic E-state index is 9.23. The van der Waals surface area contributed by atoms with Gasteiger partial charge in [-0.2, -0.15) is 0 Å². The van der Waals surface area contributed by atoms with Crippen molar-refractivity contribution in [1.82, 2.24) is 5.32 Å². The van der Waals surface area contributed by atoms with Crippen LogP contribution in [0, 0.1) is 5.92 Å². The molecule has 0 spiro atoms. The van der Waals surface area contributed by atoms with Crippen LogP contribution >= 0.6 is 0 Å². The van der Waals surface area contributed by atoms with Crippen LogP contribution in [-0.2, 0) is 0 Å². The van der Waals surface area contributed by atoms with Crippen molar-refractivity contribution in [3.8, 4) is 0 Å². The molecule has 14 heavy (non-hydrogen) atoms. The Morgan fingerprint density at radius 3 is 2.57 bits per heavy atom. The highest BCUT2D eigenvalue weighted by Crippen LogP contribution is 2.35. The standard InChI is InChI=1S/C11H22N2O/c12-8-11(5-2-6-11)13-10-4-1-3-9(10)7-14/h9-10,13-14H,1-8,12H2. The van der Waals surface area contributed by atoms with E-state index < -0.39 is 0 Å². The van der Waals surface area contributed by atoms with Crippen LogP contribution in [0.2, 0.25) is 0 Å². The maximum Gasteiger partial charge on any atom is 0.0474 e. The second-order valence-electron chi connectivity index (χ2n) is 4.96. The molecular weight excluding hydrogens is 176 g/mol. The molecule has 2 aliphatic rings. The van der Waals surface area contributed by atoms with Crippen molar-refractivity contribution in [2.24, 2.45) is 11.7 Å². The predicted molar refractivity (Wildman–Crippen MR) is 57.0 cm³/mol. The van der Waals surface area contributed by atoms with E-state index in [1.165, 1.54) is 38.5 Å². The Balaban J connectivity index is 1.89. The van der Waals surface area contributed by atoms with Crippen molar-refractivity contribution in [1.29, 1.82) is 0 Å². The molecule has 0 saturated heterocycles. The molecule has 82 valence electrons. The Morgan fingerprint density at radius 2 is 2.07 bits per heavy atom. The van der Waals surface area contributed by atoms with Gasteiger partial charge in [-0.15, -0.1) is 0 Å². The predicted octanol–water partition coefficient (Wildman–Crippen LogP) is 0.618. The maximum absolute atomic E-state index is 9.23. The summed E-state index contributed by atoms with van der Waals surface area (Å²) in [6, 6.07) is 0.517. The normalized spacial score (nSPS) is 35.6. The highest BCUT2D eigenvalue weighted by Gasteiger charge is 2.39. The summed E-state index contributed by atoms with van der Waals surface area (Å²) in [5.74, 6) is 0.471. The van der Waals surface area contributed by atoms with Crippen LogP contribution in [0.15, 0.2) is 0 Å². The molecule has 0 radical (unpaired) electrons. The largest absolute Gasteiger partial charge is 0.396 e. The Labute approximate surface area is 86.1 Å². The average Bonchev–Trinajstić information content (AvgIpc) is 2.58. The van der Waals surface area contributed by atoms with Gasteiger partial charge in [-0.3, -0.25) is 0 Å². The Bertz CT molecular complexity index is 186. The molecule has 2 fully saturated rings. The highest BCUT2D eigenvalue weighted by molar-refractivity contribution is 5.00. The van der Waals surface area contributed by atoms with Gasteiger partial charge in [-0.05, 0) is 38.0 Å². The lowest BCUT2D eigenvalue weighted by Gasteiger charge is -2.45. The number of rotatable bonds is 4. The first-order valence-corrected chi connectivity index (χ1v) is 5.88. The molecule has 0 aromatic carbocycles. The van der Waals surface area contributed by atoms with Crippen molar-refractivity contribution in [3.63, 3.8) is 0 Å². The van der Waals surface area contributed by atoms with E-state index in [-0.39, 0.29) is 5.54 Å². The van der Waals surface area contributed by atoms with E-state index in [9.17, 15) is 5.11 Å². The van der Waals surface area contributed by atoms with E-state index in [0.717, 1.165) is 6.54 Å². The van der Waals surface area contributed by atoms with E-state index in [1.807, 2.05) is 0 Å². The zero-order valence-corrected chi connectivity index (χ0v) is 8.84. The van der Waals surface area contributed by atoms with Crippen molar-refractivity contribution >= 4 is 0 Å². The van der Waals surface area contributed by atoms with Gasteiger partial charge in [0.15, 0.2) is 0 Å². The minimum Gasteiger partial charge on any atom is -0.396 e. The van der Waals surface area contributed by atoms with Crippen molar-refractivity contribution < 1.29 is 5.11 Å². The Morgan fingerprint density at radius 1 is 1.29 bits per heavy atom. The van der Waals surface area contributed by atoms with Gasteiger partial charge < -0.3 is 16.2 Å². The van der Waals surface area contributed by atoms with Crippen molar-refractivity contribution in [3.05, 3.63) is 0 Å². The average molecular weight is 198 g/mol.